The summed E-state index contributed by atoms with van der Waals surface area (Å²) in [6.07, 6.45) is 4.80. The van der Waals surface area contributed by atoms with Gasteiger partial charge in [0.2, 0.25) is 10.0 Å². The van der Waals surface area contributed by atoms with Crippen molar-refractivity contribution in [2.45, 2.75) is 43.5 Å². The fourth-order valence-electron chi connectivity index (χ4n) is 2.79. The predicted molar refractivity (Wildman–Crippen MR) is 86.0 cm³/mol. The summed E-state index contributed by atoms with van der Waals surface area (Å²) in [5, 5.41) is 8.70. The van der Waals surface area contributed by atoms with Gasteiger partial charge in [0, 0.05) is 24.8 Å². The average molecular weight is 311 g/mol. The molecule has 0 amide bonds. The van der Waals surface area contributed by atoms with E-state index in [0.717, 1.165) is 31.7 Å². The molecule has 0 bridgehead atoms. The molecule has 118 valence electrons. The van der Waals surface area contributed by atoms with Crippen molar-refractivity contribution in [1.29, 1.82) is 0 Å². The van der Waals surface area contributed by atoms with Gasteiger partial charge in [-0.25, -0.2) is 13.6 Å². The molecule has 1 saturated heterocycles. The molecule has 1 aliphatic heterocycles. The molecule has 2 rings (SSSR count). The number of anilines is 1. The van der Waals surface area contributed by atoms with Gasteiger partial charge in [0.05, 0.1) is 4.90 Å². The van der Waals surface area contributed by atoms with Crippen molar-refractivity contribution < 1.29 is 8.42 Å². The normalized spacial score (nSPS) is 19.4. The van der Waals surface area contributed by atoms with Crippen LogP contribution in [-0.4, -0.2) is 34.1 Å². The lowest BCUT2D eigenvalue weighted by Gasteiger charge is -2.32. The van der Waals surface area contributed by atoms with Crippen LogP contribution in [0.1, 0.15) is 32.6 Å². The number of nitrogens with two attached hydrogens (primary N) is 1. The van der Waals surface area contributed by atoms with Crippen LogP contribution in [0.25, 0.3) is 0 Å². The largest absolute Gasteiger partial charge is 0.370 e. The zero-order valence-corrected chi connectivity index (χ0v) is 13.4. The molecule has 1 atom stereocenters. The zero-order valence-electron chi connectivity index (χ0n) is 12.6. The van der Waals surface area contributed by atoms with Crippen molar-refractivity contribution in [3.63, 3.8) is 0 Å². The van der Waals surface area contributed by atoms with E-state index in [-0.39, 0.29) is 4.90 Å². The number of hydrogen-bond donors (Lipinski definition) is 2. The summed E-state index contributed by atoms with van der Waals surface area (Å²) < 4.78 is 22.6. The number of hydrogen-bond acceptors (Lipinski definition) is 4. The Morgan fingerprint density at radius 2 is 2.00 bits per heavy atom. The molecule has 0 saturated carbocycles. The Morgan fingerprint density at radius 1 is 1.29 bits per heavy atom. The van der Waals surface area contributed by atoms with Crippen LogP contribution in [0, 0.1) is 0 Å². The number of benzene rings is 1. The van der Waals surface area contributed by atoms with E-state index in [2.05, 4.69) is 17.1 Å². The highest BCUT2D eigenvalue weighted by Gasteiger charge is 2.17. The summed E-state index contributed by atoms with van der Waals surface area (Å²) in [5.41, 5.74) is 1.05. The second kappa shape index (κ2) is 7.24. The highest BCUT2D eigenvalue weighted by Crippen LogP contribution is 2.19. The number of nitrogens with zero attached hydrogens (tertiary/aromatic N) is 1. The van der Waals surface area contributed by atoms with Crippen LogP contribution < -0.4 is 15.4 Å². The summed E-state index contributed by atoms with van der Waals surface area (Å²) >= 11 is 0. The van der Waals surface area contributed by atoms with E-state index < -0.39 is 10.0 Å². The third-order valence-electron chi connectivity index (χ3n) is 3.88. The standard InChI is InChI=1S/C15H25N3O2S/c1-2-11-18(12-13-5-3-4-10-17-13)14-6-8-15(9-7-14)21(16,19)20/h6-9,13,17H,2-5,10-12H2,1H3,(H2,16,19,20). The lowest BCUT2D eigenvalue weighted by atomic mass is 10.0. The Kier molecular flexibility index (Phi) is 5.61. The molecule has 6 heteroatoms. The summed E-state index contributed by atoms with van der Waals surface area (Å²) in [6, 6.07) is 7.38. The highest BCUT2D eigenvalue weighted by molar-refractivity contribution is 7.89. The summed E-state index contributed by atoms with van der Waals surface area (Å²) in [5.74, 6) is 0. The molecule has 5 nitrogen and oxygen atoms in total. The smallest absolute Gasteiger partial charge is 0.238 e. The van der Waals surface area contributed by atoms with Crippen LogP contribution in [-0.2, 0) is 10.0 Å². The summed E-state index contributed by atoms with van der Waals surface area (Å²) in [7, 11) is -3.62. The number of rotatable bonds is 6. The van der Waals surface area contributed by atoms with Gasteiger partial charge in [0.15, 0.2) is 0 Å². The Hall–Kier alpha value is -1.11. The Bertz CT molecular complexity index is 537. The number of primary sulfonamides is 1. The first-order chi connectivity index (χ1) is 10.0. The molecule has 1 aromatic carbocycles. The predicted octanol–water partition coefficient (Wildman–Crippen LogP) is 1.69. The number of nitrogens with one attached hydrogen (secondary N) is 1. The molecular weight excluding hydrogens is 286 g/mol. The first-order valence-electron chi connectivity index (χ1n) is 7.62. The third-order valence-corrected chi connectivity index (χ3v) is 4.81. The minimum absolute atomic E-state index is 0.165. The Labute approximate surface area is 127 Å². The lowest BCUT2D eigenvalue weighted by Crippen LogP contribution is -2.44. The molecule has 0 aromatic heterocycles. The van der Waals surface area contributed by atoms with Crippen LogP contribution in [0.2, 0.25) is 0 Å². The first kappa shape index (κ1) is 16.3. The van der Waals surface area contributed by atoms with Gasteiger partial charge in [-0.1, -0.05) is 13.3 Å². The van der Waals surface area contributed by atoms with Crippen molar-refractivity contribution in [2.24, 2.45) is 5.14 Å². The molecular formula is C15H25N3O2S. The Morgan fingerprint density at radius 3 is 2.52 bits per heavy atom. The van der Waals surface area contributed by atoms with E-state index in [9.17, 15) is 8.42 Å². The van der Waals surface area contributed by atoms with Crippen LogP contribution in [0.4, 0.5) is 5.69 Å². The molecule has 1 unspecified atom stereocenters. The monoisotopic (exact) mass is 311 g/mol. The fourth-order valence-corrected chi connectivity index (χ4v) is 3.30. The van der Waals surface area contributed by atoms with E-state index >= 15 is 0 Å². The fraction of sp³-hybridized carbons (Fsp3) is 0.600. The molecule has 1 aromatic rings. The van der Waals surface area contributed by atoms with Crippen molar-refractivity contribution in [1.82, 2.24) is 5.32 Å². The first-order valence-corrected chi connectivity index (χ1v) is 9.16. The SMILES string of the molecule is CCCN(CC1CCCCN1)c1ccc(S(N)(=O)=O)cc1. The topological polar surface area (TPSA) is 75.4 Å². The maximum atomic E-state index is 11.3. The van der Waals surface area contributed by atoms with Gasteiger partial charge < -0.3 is 10.2 Å². The second-order valence-electron chi connectivity index (χ2n) is 5.63. The van der Waals surface area contributed by atoms with Crippen molar-refractivity contribution in [3.05, 3.63) is 24.3 Å². The second-order valence-corrected chi connectivity index (χ2v) is 7.19. The van der Waals surface area contributed by atoms with E-state index in [4.69, 9.17) is 5.14 Å². The van der Waals surface area contributed by atoms with Crippen LogP contribution >= 0.6 is 0 Å². The minimum atomic E-state index is -3.62. The van der Waals surface area contributed by atoms with Gasteiger partial charge in [-0.05, 0) is 50.1 Å². The molecule has 3 N–H and O–H groups in total. The molecule has 0 spiro atoms. The molecule has 0 aliphatic carbocycles. The van der Waals surface area contributed by atoms with E-state index in [1.54, 1.807) is 12.1 Å². The summed E-state index contributed by atoms with van der Waals surface area (Å²) in [4.78, 5) is 2.48. The maximum absolute atomic E-state index is 11.3. The molecule has 1 aliphatic rings. The molecule has 1 heterocycles. The van der Waals surface area contributed by atoms with Crippen LogP contribution in [0.15, 0.2) is 29.2 Å². The van der Waals surface area contributed by atoms with Crippen molar-refractivity contribution in [2.75, 3.05) is 24.5 Å². The van der Waals surface area contributed by atoms with Crippen LogP contribution in [0.5, 0.6) is 0 Å². The zero-order chi connectivity index (χ0) is 15.3. The quantitative estimate of drug-likeness (QED) is 0.838. The van der Waals surface area contributed by atoms with Gasteiger partial charge >= 0.3 is 0 Å². The van der Waals surface area contributed by atoms with Gasteiger partial charge in [-0.3, -0.25) is 0 Å². The van der Waals surface area contributed by atoms with E-state index in [1.165, 1.54) is 19.3 Å². The van der Waals surface area contributed by atoms with E-state index in [0.29, 0.717) is 6.04 Å². The Balaban J connectivity index is 2.09. The highest BCUT2D eigenvalue weighted by atomic mass is 32.2. The molecule has 21 heavy (non-hydrogen) atoms. The van der Waals surface area contributed by atoms with Gasteiger partial charge in [-0.15, -0.1) is 0 Å². The average Bonchev–Trinajstić information content (AvgIpc) is 2.47. The minimum Gasteiger partial charge on any atom is -0.370 e. The maximum Gasteiger partial charge on any atom is 0.238 e. The van der Waals surface area contributed by atoms with Crippen molar-refractivity contribution >= 4 is 15.7 Å². The lowest BCUT2D eigenvalue weighted by molar-refractivity contribution is 0.399. The van der Waals surface area contributed by atoms with Gasteiger partial charge in [-0.2, -0.15) is 0 Å². The molecule has 1 fully saturated rings. The number of sulfonamides is 1. The van der Waals surface area contributed by atoms with Crippen molar-refractivity contribution in [3.8, 4) is 0 Å². The molecule has 0 radical (unpaired) electrons. The summed E-state index contributed by atoms with van der Waals surface area (Å²) in [6.45, 7) is 5.17. The van der Waals surface area contributed by atoms with Gasteiger partial charge in [0.25, 0.3) is 0 Å². The van der Waals surface area contributed by atoms with E-state index in [1.807, 2.05) is 12.1 Å². The number of piperidine rings is 1. The van der Waals surface area contributed by atoms with Gasteiger partial charge in [0.1, 0.15) is 0 Å². The van der Waals surface area contributed by atoms with Crippen LogP contribution in [0.3, 0.4) is 0 Å². The third kappa shape index (κ3) is 4.69.